The quantitative estimate of drug-likeness (QED) is 0.558. The second-order valence-corrected chi connectivity index (χ2v) is 3.95. The van der Waals surface area contributed by atoms with Crippen LogP contribution in [0.15, 0.2) is 6.20 Å². The van der Waals surface area contributed by atoms with E-state index in [-0.39, 0.29) is 24.6 Å². The van der Waals surface area contributed by atoms with Crippen LogP contribution in [0, 0.1) is 6.92 Å². The van der Waals surface area contributed by atoms with Crippen molar-refractivity contribution in [3.8, 4) is 0 Å². The zero-order valence-corrected chi connectivity index (χ0v) is 10.5. The Morgan fingerprint density at radius 2 is 2.12 bits per heavy atom. The first kappa shape index (κ1) is 13.4. The molecule has 0 bridgehead atoms. The van der Waals surface area contributed by atoms with Gasteiger partial charge in [-0.25, -0.2) is 0 Å². The molecule has 0 amide bonds. The highest BCUT2D eigenvalue weighted by atomic mass is 16.5. The van der Waals surface area contributed by atoms with Gasteiger partial charge in [-0.05, 0) is 13.3 Å². The van der Waals surface area contributed by atoms with E-state index in [1.165, 1.54) is 0 Å². The zero-order valence-electron chi connectivity index (χ0n) is 10.5. The van der Waals surface area contributed by atoms with E-state index in [9.17, 15) is 9.59 Å². The summed E-state index contributed by atoms with van der Waals surface area (Å²) >= 11 is 0. The Morgan fingerprint density at radius 3 is 2.65 bits per heavy atom. The van der Waals surface area contributed by atoms with Crippen LogP contribution in [0.3, 0.4) is 0 Å². The van der Waals surface area contributed by atoms with Crippen LogP contribution in [-0.2, 0) is 16.6 Å². The first-order chi connectivity index (χ1) is 8.04. The molecule has 17 heavy (non-hydrogen) atoms. The monoisotopic (exact) mass is 238 g/mol. The van der Waals surface area contributed by atoms with E-state index >= 15 is 0 Å². The molecular weight excluding hydrogens is 220 g/mol. The van der Waals surface area contributed by atoms with E-state index in [4.69, 9.17) is 4.74 Å². The first-order valence-corrected chi connectivity index (χ1v) is 5.73. The smallest absolute Gasteiger partial charge is 0.306 e. The van der Waals surface area contributed by atoms with Gasteiger partial charge in [0.05, 0.1) is 24.3 Å². The molecule has 5 nitrogen and oxygen atoms in total. The van der Waals surface area contributed by atoms with Gasteiger partial charge >= 0.3 is 5.97 Å². The van der Waals surface area contributed by atoms with Crippen LogP contribution in [0.1, 0.15) is 42.2 Å². The van der Waals surface area contributed by atoms with Crippen LogP contribution in [0.4, 0.5) is 0 Å². The number of Topliss-reactive ketones (excluding diaryl/α,β-unsaturated/α-hetero) is 1. The Balaban J connectivity index is 2.45. The van der Waals surface area contributed by atoms with Gasteiger partial charge in [0.2, 0.25) is 0 Å². The molecule has 0 aliphatic heterocycles. The summed E-state index contributed by atoms with van der Waals surface area (Å²) in [6.45, 7) is 4.12. The SMILES string of the molecule is CCCOC(=O)CCC(=O)c1cn(C)nc1C. The van der Waals surface area contributed by atoms with Crippen LogP contribution in [0.2, 0.25) is 0 Å². The van der Waals surface area contributed by atoms with Gasteiger partial charge in [-0.1, -0.05) is 6.92 Å². The summed E-state index contributed by atoms with van der Waals surface area (Å²) < 4.78 is 6.50. The van der Waals surface area contributed by atoms with E-state index in [0.29, 0.717) is 17.9 Å². The molecule has 0 aliphatic rings. The fraction of sp³-hybridized carbons (Fsp3) is 0.583. The summed E-state index contributed by atoms with van der Waals surface area (Å²) in [5, 5.41) is 4.09. The number of nitrogens with zero attached hydrogens (tertiary/aromatic N) is 2. The molecule has 1 aromatic rings. The molecule has 0 aromatic carbocycles. The molecule has 0 aliphatic carbocycles. The van der Waals surface area contributed by atoms with Gasteiger partial charge in [0.1, 0.15) is 0 Å². The highest BCUT2D eigenvalue weighted by molar-refractivity contribution is 5.98. The molecule has 94 valence electrons. The molecular formula is C12H18N2O3. The highest BCUT2D eigenvalue weighted by Crippen LogP contribution is 2.09. The number of aromatic nitrogens is 2. The van der Waals surface area contributed by atoms with E-state index in [2.05, 4.69) is 5.10 Å². The van der Waals surface area contributed by atoms with Crippen LogP contribution in [0.25, 0.3) is 0 Å². The molecule has 1 heterocycles. The van der Waals surface area contributed by atoms with Gasteiger partial charge in [0.15, 0.2) is 5.78 Å². The van der Waals surface area contributed by atoms with Crippen LogP contribution in [0.5, 0.6) is 0 Å². The van der Waals surface area contributed by atoms with Crippen LogP contribution < -0.4 is 0 Å². The minimum absolute atomic E-state index is 0.0657. The van der Waals surface area contributed by atoms with Crippen molar-refractivity contribution in [1.29, 1.82) is 0 Å². The predicted octanol–water partition coefficient (Wildman–Crippen LogP) is 1.64. The molecule has 0 radical (unpaired) electrons. The molecule has 0 atom stereocenters. The molecule has 0 unspecified atom stereocenters. The summed E-state index contributed by atoms with van der Waals surface area (Å²) in [7, 11) is 1.76. The number of hydrogen-bond acceptors (Lipinski definition) is 4. The van der Waals surface area contributed by atoms with Crippen molar-refractivity contribution in [2.75, 3.05) is 6.61 Å². The van der Waals surface area contributed by atoms with Crippen LogP contribution >= 0.6 is 0 Å². The normalized spacial score (nSPS) is 10.3. The third kappa shape index (κ3) is 4.01. The fourth-order valence-electron chi connectivity index (χ4n) is 1.51. The first-order valence-electron chi connectivity index (χ1n) is 5.73. The maximum atomic E-state index is 11.8. The lowest BCUT2D eigenvalue weighted by molar-refractivity contribution is -0.143. The van der Waals surface area contributed by atoms with Crippen LogP contribution in [-0.4, -0.2) is 28.1 Å². The maximum absolute atomic E-state index is 11.8. The van der Waals surface area contributed by atoms with Gasteiger partial charge in [-0.3, -0.25) is 14.3 Å². The lowest BCUT2D eigenvalue weighted by Gasteiger charge is -2.02. The van der Waals surface area contributed by atoms with Crippen molar-refractivity contribution in [1.82, 2.24) is 9.78 Å². The van der Waals surface area contributed by atoms with Crippen molar-refractivity contribution in [3.63, 3.8) is 0 Å². The summed E-state index contributed by atoms with van der Waals surface area (Å²) in [5.74, 6) is -0.384. The average Bonchev–Trinajstić information content (AvgIpc) is 2.62. The Labute approximate surface area is 101 Å². The van der Waals surface area contributed by atoms with E-state index < -0.39 is 0 Å². The molecule has 0 fully saturated rings. The van der Waals surface area contributed by atoms with E-state index in [0.717, 1.165) is 6.42 Å². The maximum Gasteiger partial charge on any atom is 0.306 e. The molecule has 1 aromatic heterocycles. The van der Waals surface area contributed by atoms with Gasteiger partial charge in [-0.2, -0.15) is 5.10 Å². The Hall–Kier alpha value is -1.65. The largest absolute Gasteiger partial charge is 0.466 e. The Morgan fingerprint density at radius 1 is 1.41 bits per heavy atom. The number of ketones is 1. The number of aryl methyl sites for hydroxylation is 2. The molecule has 0 N–H and O–H groups in total. The molecule has 0 saturated carbocycles. The molecule has 0 spiro atoms. The van der Waals surface area contributed by atoms with E-state index in [1.807, 2.05) is 6.92 Å². The lowest BCUT2D eigenvalue weighted by Crippen LogP contribution is -2.09. The predicted molar refractivity (Wildman–Crippen MR) is 62.8 cm³/mol. The lowest BCUT2D eigenvalue weighted by atomic mass is 10.1. The van der Waals surface area contributed by atoms with Crippen molar-refractivity contribution in [3.05, 3.63) is 17.5 Å². The topological polar surface area (TPSA) is 61.2 Å². The second-order valence-electron chi connectivity index (χ2n) is 3.95. The second kappa shape index (κ2) is 6.18. The minimum Gasteiger partial charge on any atom is -0.466 e. The number of carbonyl (C=O) groups is 2. The Kier molecular flexibility index (Phi) is 4.87. The van der Waals surface area contributed by atoms with Gasteiger partial charge in [-0.15, -0.1) is 0 Å². The summed E-state index contributed by atoms with van der Waals surface area (Å²) in [6, 6.07) is 0. The summed E-state index contributed by atoms with van der Waals surface area (Å²) in [6.07, 6.45) is 2.78. The van der Waals surface area contributed by atoms with Crippen molar-refractivity contribution < 1.29 is 14.3 Å². The minimum atomic E-state index is -0.318. The Bertz CT molecular complexity index is 410. The number of hydrogen-bond donors (Lipinski definition) is 0. The number of ether oxygens (including phenoxy) is 1. The molecule has 0 saturated heterocycles. The highest BCUT2D eigenvalue weighted by Gasteiger charge is 2.14. The third-order valence-electron chi connectivity index (χ3n) is 2.34. The average molecular weight is 238 g/mol. The van der Waals surface area contributed by atoms with Gasteiger partial charge in [0, 0.05) is 19.7 Å². The summed E-state index contributed by atoms with van der Waals surface area (Å²) in [5.41, 5.74) is 1.27. The van der Waals surface area contributed by atoms with Crippen molar-refractivity contribution >= 4 is 11.8 Å². The molecule has 5 heteroatoms. The molecule has 1 rings (SSSR count). The fourth-order valence-corrected chi connectivity index (χ4v) is 1.51. The number of esters is 1. The standard InChI is InChI=1S/C12H18N2O3/c1-4-7-17-12(16)6-5-11(15)10-8-14(3)13-9(10)2/h8H,4-7H2,1-3H3. The van der Waals surface area contributed by atoms with E-state index in [1.54, 1.807) is 24.9 Å². The number of rotatable bonds is 6. The van der Waals surface area contributed by atoms with Gasteiger partial charge < -0.3 is 4.74 Å². The third-order valence-corrected chi connectivity index (χ3v) is 2.34. The summed E-state index contributed by atoms with van der Waals surface area (Å²) in [4.78, 5) is 23.0. The van der Waals surface area contributed by atoms with Gasteiger partial charge in [0.25, 0.3) is 0 Å². The zero-order chi connectivity index (χ0) is 12.8. The van der Waals surface area contributed by atoms with Crippen molar-refractivity contribution in [2.45, 2.75) is 33.1 Å². The van der Waals surface area contributed by atoms with Crippen molar-refractivity contribution in [2.24, 2.45) is 7.05 Å². The number of carbonyl (C=O) groups excluding carboxylic acids is 2.